The number of terminal acetylenes is 1. The minimum Gasteiger partial charge on any atom is -0.411 e. The molecule has 0 aliphatic carbocycles. The Morgan fingerprint density at radius 1 is 1.12 bits per heavy atom. The van der Waals surface area contributed by atoms with Crippen LogP contribution in [0.25, 0.3) is 11.5 Å². The van der Waals surface area contributed by atoms with E-state index in [0.29, 0.717) is 17.7 Å². The molecule has 1 fully saturated rings. The zero-order chi connectivity index (χ0) is 22.3. The van der Waals surface area contributed by atoms with Gasteiger partial charge < -0.3 is 14.6 Å². The summed E-state index contributed by atoms with van der Waals surface area (Å²) in [6.45, 7) is 4.21. The molecule has 1 saturated heterocycles. The van der Waals surface area contributed by atoms with Gasteiger partial charge in [-0.25, -0.2) is 0 Å². The van der Waals surface area contributed by atoms with Gasteiger partial charge in [-0.05, 0) is 36.4 Å². The van der Waals surface area contributed by atoms with Crippen molar-refractivity contribution in [3.05, 3.63) is 53.0 Å². The Kier molecular flexibility index (Phi) is 7.47. The van der Waals surface area contributed by atoms with Crippen LogP contribution in [-0.4, -0.2) is 59.5 Å². The number of rotatable bonds is 7. The van der Waals surface area contributed by atoms with E-state index >= 15 is 0 Å². The number of carbonyl (C=O) groups is 1. The molecular formula is C23H22BrN5O2S. The molecule has 0 spiro atoms. The number of thioether (sulfide) groups is 1. The van der Waals surface area contributed by atoms with Crippen LogP contribution in [0.4, 0.5) is 11.4 Å². The first-order valence-electron chi connectivity index (χ1n) is 10.1. The molecule has 1 amide bonds. The largest absolute Gasteiger partial charge is 0.411 e. The maximum absolute atomic E-state index is 12.6. The van der Waals surface area contributed by atoms with Crippen LogP contribution in [0.3, 0.4) is 0 Å². The molecule has 1 N–H and O–H groups in total. The van der Waals surface area contributed by atoms with E-state index in [2.05, 4.69) is 47.2 Å². The number of benzene rings is 2. The Morgan fingerprint density at radius 3 is 2.62 bits per heavy atom. The Labute approximate surface area is 199 Å². The average Bonchev–Trinajstić information content (AvgIpc) is 3.29. The quantitative estimate of drug-likeness (QED) is 0.379. The second-order valence-corrected chi connectivity index (χ2v) is 9.04. The standard InChI is InChI=1S/C23H22BrN5O2S/c1-2-11-28-12-14-29(15-13-28)20-6-4-3-5-19(20)25-21(30)16-32-23-27-26-22(31-23)17-7-9-18(24)10-8-17/h1,3-10H,11-16H2,(H,25,30). The third-order valence-corrected chi connectivity index (χ3v) is 6.38. The normalized spacial score (nSPS) is 14.2. The molecule has 1 aliphatic rings. The molecule has 2 heterocycles. The van der Waals surface area contributed by atoms with Gasteiger partial charge in [-0.15, -0.1) is 16.6 Å². The molecule has 7 nitrogen and oxygen atoms in total. The number of nitrogens with zero attached hydrogens (tertiary/aromatic N) is 4. The van der Waals surface area contributed by atoms with Crippen molar-refractivity contribution < 1.29 is 9.21 Å². The molecule has 0 atom stereocenters. The fraction of sp³-hybridized carbons (Fsp3) is 0.261. The highest BCUT2D eigenvalue weighted by Gasteiger charge is 2.19. The number of nitrogens with one attached hydrogen (secondary N) is 1. The van der Waals surface area contributed by atoms with Gasteiger partial charge in [0, 0.05) is 36.2 Å². The monoisotopic (exact) mass is 511 g/mol. The van der Waals surface area contributed by atoms with E-state index in [-0.39, 0.29) is 11.7 Å². The van der Waals surface area contributed by atoms with E-state index in [1.807, 2.05) is 48.5 Å². The molecule has 1 aromatic heterocycles. The van der Waals surface area contributed by atoms with Gasteiger partial charge >= 0.3 is 0 Å². The van der Waals surface area contributed by atoms with E-state index in [9.17, 15) is 4.79 Å². The van der Waals surface area contributed by atoms with Crippen molar-refractivity contribution in [1.29, 1.82) is 0 Å². The maximum Gasteiger partial charge on any atom is 0.277 e. The molecule has 32 heavy (non-hydrogen) atoms. The van der Waals surface area contributed by atoms with Gasteiger partial charge in [-0.3, -0.25) is 9.69 Å². The first-order valence-corrected chi connectivity index (χ1v) is 11.9. The van der Waals surface area contributed by atoms with Crippen molar-refractivity contribution in [2.24, 2.45) is 0 Å². The lowest BCUT2D eigenvalue weighted by Gasteiger charge is -2.36. The highest BCUT2D eigenvalue weighted by Crippen LogP contribution is 2.28. The smallest absolute Gasteiger partial charge is 0.277 e. The molecule has 0 radical (unpaired) electrons. The third-order valence-electron chi connectivity index (χ3n) is 5.03. The molecule has 164 valence electrons. The number of para-hydroxylation sites is 2. The summed E-state index contributed by atoms with van der Waals surface area (Å²) in [6.07, 6.45) is 5.42. The number of amides is 1. The highest BCUT2D eigenvalue weighted by atomic mass is 79.9. The lowest BCUT2D eigenvalue weighted by atomic mass is 10.2. The van der Waals surface area contributed by atoms with Gasteiger partial charge in [-0.1, -0.05) is 45.7 Å². The summed E-state index contributed by atoms with van der Waals surface area (Å²) in [5, 5.41) is 11.5. The molecule has 1 aliphatic heterocycles. The zero-order valence-electron chi connectivity index (χ0n) is 17.3. The van der Waals surface area contributed by atoms with Crippen molar-refractivity contribution in [3.8, 4) is 23.8 Å². The van der Waals surface area contributed by atoms with Crippen LogP contribution in [0, 0.1) is 12.3 Å². The summed E-state index contributed by atoms with van der Waals surface area (Å²) < 4.78 is 6.65. The van der Waals surface area contributed by atoms with E-state index in [1.54, 1.807) is 0 Å². The number of hydrogen-bond donors (Lipinski definition) is 1. The van der Waals surface area contributed by atoms with Gasteiger partial charge in [0.25, 0.3) is 5.22 Å². The van der Waals surface area contributed by atoms with Crippen LogP contribution in [0.2, 0.25) is 0 Å². The fourth-order valence-electron chi connectivity index (χ4n) is 3.42. The molecule has 0 bridgehead atoms. The van der Waals surface area contributed by atoms with Crippen LogP contribution in [-0.2, 0) is 4.79 Å². The van der Waals surface area contributed by atoms with Crippen molar-refractivity contribution in [1.82, 2.24) is 15.1 Å². The number of piperazine rings is 1. The van der Waals surface area contributed by atoms with Gasteiger partial charge in [0.2, 0.25) is 11.8 Å². The molecule has 0 unspecified atom stereocenters. The Balaban J connectivity index is 1.33. The van der Waals surface area contributed by atoms with E-state index < -0.39 is 0 Å². The van der Waals surface area contributed by atoms with Gasteiger partial charge in [-0.2, -0.15) is 0 Å². The first-order chi connectivity index (χ1) is 15.6. The summed E-state index contributed by atoms with van der Waals surface area (Å²) in [6, 6.07) is 15.5. The SMILES string of the molecule is C#CCN1CCN(c2ccccc2NC(=O)CSc2nnc(-c3ccc(Br)cc3)o2)CC1. The average molecular weight is 512 g/mol. The van der Waals surface area contributed by atoms with Gasteiger partial charge in [0.1, 0.15) is 0 Å². The van der Waals surface area contributed by atoms with Crippen LogP contribution in [0.1, 0.15) is 0 Å². The van der Waals surface area contributed by atoms with Gasteiger partial charge in [0.15, 0.2) is 0 Å². The zero-order valence-corrected chi connectivity index (χ0v) is 19.7. The number of anilines is 2. The van der Waals surface area contributed by atoms with Crippen LogP contribution >= 0.6 is 27.7 Å². The summed E-state index contributed by atoms with van der Waals surface area (Å²) in [4.78, 5) is 17.1. The minimum atomic E-state index is -0.128. The predicted octanol–water partition coefficient (Wildman–Crippen LogP) is 3.99. The molecule has 9 heteroatoms. The summed E-state index contributed by atoms with van der Waals surface area (Å²) in [5.41, 5.74) is 2.64. The second-order valence-electron chi connectivity index (χ2n) is 7.20. The van der Waals surface area contributed by atoms with Crippen LogP contribution < -0.4 is 10.2 Å². The van der Waals surface area contributed by atoms with Crippen LogP contribution in [0.15, 0.2) is 62.6 Å². The Bertz CT molecular complexity index is 1100. The molecule has 3 aromatic rings. The van der Waals surface area contributed by atoms with E-state index in [1.165, 1.54) is 11.8 Å². The van der Waals surface area contributed by atoms with Crippen LogP contribution in [0.5, 0.6) is 0 Å². The maximum atomic E-state index is 12.6. The minimum absolute atomic E-state index is 0.128. The van der Waals surface area contributed by atoms with Gasteiger partial charge in [0.05, 0.1) is 23.7 Å². The second kappa shape index (κ2) is 10.7. The van der Waals surface area contributed by atoms with E-state index in [4.69, 9.17) is 10.8 Å². The summed E-state index contributed by atoms with van der Waals surface area (Å²) in [5.74, 6) is 3.17. The first kappa shape index (κ1) is 22.4. The van der Waals surface area contributed by atoms with Crippen molar-refractivity contribution in [3.63, 3.8) is 0 Å². The van der Waals surface area contributed by atoms with E-state index in [0.717, 1.165) is 47.6 Å². The number of carbonyl (C=O) groups excluding carboxylic acids is 1. The molecule has 2 aromatic carbocycles. The number of aromatic nitrogens is 2. The molecule has 4 rings (SSSR count). The van der Waals surface area contributed by atoms with Crippen molar-refractivity contribution in [2.45, 2.75) is 5.22 Å². The number of halogens is 1. The third kappa shape index (κ3) is 5.71. The predicted molar refractivity (Wildman–Crippen MR) is 131 cm³/mol. The molecule has 0 saturated carbocycles. The highest BCUT2D eigenvalue weighted by molar-refractivity contribution is 9.10. The molecular weight excluding hydrogens is 490 g/mol. The van der Waals surface area contributed by atoms with Crippen molar-refractivity contribution in [2.75, 3.05) is 48.7 Å². The fourth-order valence-corrected chi connectivity index (χ4v) is 4.25. The Hall–Kier alpha value is -2.80. The summed E-state index contributed by atoms with van der Waals surface area (Å²) >= 11 is 4.62. The topological polar surface area (TPSA) is 74.5 Å². The Morgan fingerprint density at radius 2 is 1.88 bits per heavy atom. The summed E-state index contributed by atoms with van der Waals surface area (Å²) in [7, 11) is 0. The lowest BCUT2D eigenvalue weighted by Crippen LogP contribution is -2.46. The van der Waals surface area contributed by atoms with Crippen molar-refractivity contribution >= 4 is 45.0 Å². The lowest BCUT2D eigenvalue weighted by molar-refractivity contribution is -0.113. The number of hydrogen-bond acceptors (Lipinski definition) is 7.